The van der Waals surface area contributed by atoms with Crippen LogP contribution in [0.3, 0.4) is 0 Å². The summed E-state index contributed by atoms with van der Waals surface area (Å²) in [6.45, 7) is 7.26. The summed E-state index contributed by atoms with van der Waals surface area (Å²) < 4.78 is 27.9. The van der Waals surface area contributed by atoms with E-state index in [4.69, 9.17) is 0 Å². The van der Waals surface area contributed by atoms with Gasteiger partial charge in [0.25, 0.3) is 11.8 Å². The summed E-state index contributed by atoms with van der Waals surface area (Å²) >= 11 is 1.46. The van der Waals surface area contributed by atoms with Gasteiger partial charge in [-0.15, -0.1) is 11.3 Å². The minimum atomic E-state index is -3.62. The zero-order valence-corrected chi connectivity index (χ0v) is 22.8. The molecule has 2 amide bonds. The van der Waals surface area contributed by atoms with Gasteiger partial charge in [-0.25, -0.2) is 8.42 Å². The number of benzene rings is 1. The van der Waals surface area contributed by atoms with Crippen LogP contribution in [-0.2, 0) is 22.9 Å². The number of carbonyl (C=O) groups is 2. The largest absolute Gasteiger partial charge is 0.355 e. The number of fused-ring (bicyclic) bond motifs is 1. The molecule has 0 spiro atoms. The van der Waals surface area contributed by atoms with E-state index in [-0.39, 0.29) is 16.7 Å². The molecule has 192 valence electrons. The Bertz CT molecular complexity index is 1130. The molecule has 2 N–H and O–H groups in total. The second-order valence-corrected chi connectivity index (χ2v) is 12.3. The van der Waals surface area contributed by atoms with Crippen LogP contribution in [0.1, 0.15) is 84.0 Å². The van der Waals surface area contributed by atoms with Crippen LogP contribution in [0.25, 0.3) is 0 Å². The number of rotatable bonds is 11. The second-order valence-electron chi connectivity index (χ2n) is 9.22. The molecule has 0 radical (unpaired) electrons. The molecule has 35 heavy (non-hydrogen) atoms. The van der Waals surface area contributed by atoms with Gasteiger partial charge in [0.05, 0.1) is 10.5 Å². The lowest BCUT2D eigenvalue weighted by molar-refractivity contribution is 0.0963. The Hall–Kier alpha value is -2.23. The molecule has 1 aromatic heterocycles. The molecule has 1 atom stereocenters. The van der Waals surface area contributed by atoms with Crippen molar-refractivity contribution in [3.05, 3.63) is 45.8 Å². The first-order valence-electron chi connectivity index (χ1n) is 12.5. The number of thiophene rings is 1. The number of amides is 2. The lowest BCUT2D eigenvalue weighted by Crippen LogP contribution is -2.33. The third-order valence-corrected chi connectivity index (χ3v) is 9.55. The zero-order chi connectivity index (χ0) is 25.6. The molecule has 2 aromatic rings. The van der Waals surface area contributed by atoms with Gasteiger partial charge in [0.15, 0.2) is 0 Å². The third-order valence-electron chi connectivity index (χ3n) is 6.47. The van der Waals surface area contributed by atoms with Crippen molar-refractivity contribution in [2.75, 3.05) is 25.5 Å². The smallest absolute Gasteiger partial charge is 0.256 e. The Labute approximate surface area is 213 Å². The Morgan fingerprint density at radius 1 is 1.06 bits per heavy atom. The maximum Gasteiger partial charge on any atom is 0.256 e. The van der Waals surface area contributed by atoms with Crippen molar-refractivity contribution < 1.29 is 18.0 Å². The summed E-state index contributed by atoms with van der Waals surface area (Å²) in [6, 6.07) is 6.07. The Morgan fingerprint density at radius 3 is 2.26 bits per heavy atom. The molecule has 0 saturated heterocycles. The number of hydrogen-bond acceptors (Lipinski definition) is 5. The zero-order valence-electron chi connectivity index (χ0n) is 21.1. The van der Waals surface area contributed by atoms with Gasteiger partial charge in [-0.3, -0.25) is 9.59 Å². The summed E-state index contributed by atoms with van der Waals surface area (Å²) in [7, 11) is -2.03. The SMILES string of the molecule is CCCCN(CCCC)S(=O)(=O)c1ccc(C(=O)Nc2sc3c(c2C(=O)NC)CCC(C)C3)cc1. The van der Waals surface area contributed by atoms with Gasteiger partial charge in [-0.1, -0.05) is 33.6 Å². The normalized spacial score (nSPS) is 15.6. The quantitative estimate of drug-likeness (QED) is 0.433. The fourth-order valence-corrected chi connectivity index (χ4v) is 7.25. The van der Waals surface area contributed by atoms with E-state index in [9.17, 15) is 18.0 Å². The lowest BCUT2D eigenvalue weighted by atomic mass is 9.88. The van der Waals surface area contributed by atoms with E-state index < -0.39 is 10.0 Å². The van der Waals surface area contributed by atoms with Crippen LogP contribution in [0, 0.1) is 5.92 Å². The number of unbranched alkanes of at least 4 members (excludes halogenated alkanes) is 2. The van der Waals surface area contributed by atoms with E-state index in [1.165, 1.54) is 35.6 Å². The van der Waals surface area contributed by atoms with Crippen LogP contribution in [0.5, 0.6) is 0 Å². The van der Waals surface area contributed by atoms with Crippen LogP contribution in [-0.4, -0.2) is 44.7 Å². The predicted octanol–water partition coefficient (Wildman–Crippen LogP) is 5.08. The van der Waals surface area contributed by atoms with Gasteiger partial charge in [0.1, 0.15) is 5.00 Å². The monoisotopic (exact) mass is 519 g/mol. The van der Waals surface area contributed by atoms with Crippen molar-refractivity contribution >= 4 is 38.2 Å². The van der Waals surface area contributed by atoms with Crippen LogP contribution >= 0.6 is 11.3 Å². The highest BCUT2D eigenvalue weighted by Gasteiger charge is 2.28. The highest BCUT2D eigenvalue weighted by atomic mass is 32.2. The summed E-state index contributed by atoms with van der Waals surface area (Å²) in [5.74, 6) is -0.0152. The molecule has 0 bridgehead atoms. The minimum Gasteiger partial charge on any atom is -0.355 e. The maximum atomic E-state index is 13.2. The Balaban J connectivity index is 1.81. The molecule has 3 rings (SSSR count). The van der Waals surface area contributed by atoms with E-state index in [1.54, 1.807) is 11.4 Å². The number of anilines is 1. The minimum absolute atomic E-state index is 0.188. The van der Waals surface area contributed by atoms with Crippen molar-refractivity contribution in [3.63, 3.8) is 0 Å². The summed E-state index contributed by atoms with van der Waals surface area (Å²) in [4.78, 5) is 27.0. The van der Waals surface area contributed by atoms with E-state index in [0.29, 0.717) is 35.1 Å². The van der Waals surface area contributed by atoms with Gasteiger partial charge in [0.2, 0.25) is 10.0 Å². The molecule has 9 heteroatoms. The van der Waals surface area contributed by atoms with Crippen molar-refractivity contribution in [2.45, 2.75) is 70.6 Å². The first kappa shape index (κ1) is 27.4. The molecule has 0 saturated carbocycles. The molecule has 1 heterocycles. The number of carbonyl (C=O) groups excluding carboxylic acids is 2. The fourth-order valence-electron chi connectivity index (χ4n) is 4.33. The third kappa shape index (κ3) is 6.32. The van der Waals surface area contributed by atoms with Crippen molar-refractivity contribution in [3.8, 4) is 0 Å². The first-order valence-corrected chi connectivity index (χ1v) is 14.8. The highest BCUT2D eigenvalue weighted by molar-refractivity contribution is 7.89. The van der Waals surface area contributed by atoms with Gasteiger partial charge in [-0.2, -0.15) is 4.31 Å². The number of hydrogen-bond donors (Lipinski definition) is 2. The molecular formula is C26H37N3O4S2. The first-order chi connectivity index (χ1) is 16.7. The fraction of sp³-hybridized carbons (Fsp3) is 0.538. The molecule has 1 aromatic carbocycles. The van der Waals surface area contributed by atoms with Gasteiger partial charge < -0.3 is 10.6 Å². The molecule has 0 aliphatic heterocycles. The highest BCUT2D eigenvalue weighted by Crippen LogP contribution is 2.39. The Morgan fingerprint density at radius 2 is 1.69 bits per heavy atom. The number of nitrogens with zero attached hydrogens (tertiary/aromatic N) is 1. The molecular weight excluding hydrogens is 482 g/mol. The second kappa shape index (κ2) is 12.1. The average Bonchev–Trinajstić information content (AvgIpc) is 3.20. The van der Waals surface area contributed by atoms with Crippen molar-refractivity contribution in [2.24, 2.45) is 5.92 Å². The van der Waals surface area contributed by atoms with Crippen molar-refractivity contribution in [1.82, 2.24) is 9.62 Å². The van der Waals surface area contributed by atoms with E-state index in [0.717, 1.165) is 55.4 Å². The topological polar surface area (TPSA) is 95.6 Å². The lowest BCUT2D eigenvalue weighted by Gasteiger charge is -2.22. The molecule has 1 aliphatic rings. The van der Waals surface area contributed by atoms with Gasteiger partial charge in [0, 0.05) is 30.6 Å². The van der Waals surface area contributed by atoms with Gasteiger partial charge >= 0.3 is 0 Å². The summed E-state index contributed by atoms with van der Waals surface area (Å²) in [6.07, 6.45) is 6.19. The van der Waals surface area contributed by atoms with Crippen LogP contribution < -0.4 is 10.6 Å². The molecule has 7 nitrogen and oxygen atoms in total. The standard InChI is InChI=1S/C26H37N3O4S2/c1-5-7-15-29(16-8-6-2)35(32,33)20-12-10-19(11-13-20)24(30)28-26-23(25(31)27-4)21-14-9-18(3)17-22(21)34-26/h10-13,18H,5-9,14-17H2,1-4H3,(H,27,31)(H,28,30). The van der Waals surface area contributed by atoms with E-state index in [2.05, 4.69) is 17.6 Å². The predicted molar refractivity (Wildman–Crippen MR) is 142 cm³/mol. The summed E-state index contributed by atoms with van der Waals surface area (Å²) in [5.41, 5.74) is 1.93. The van der Waals surface area contributed by atoms with Crippen LogP contribution in [0.2, 0.25) is 0 Å². The molecule has 0 fully saturated rings. The summed E-state index contributed by atoms with van der Waals surface area (Å²) in [5, 5.41) is 6.15. The Kier molecular flexibility index (Phi) is 9.49. The van der Waals surface area contributed by atoms with Crippen molar-refractivity contribution in [1.29, 1.82) is 0 Å². The van der Waals surface area contributed by atoms with E-state index >= 15 is 0 Å². The number of sulfonamides is 1. The molecule has 1 unspecified atom stereocenters. The van der Waals surface area contributed by atoms with E-state index in [1.807, 2.05) is 13.8 Å². The van der Waals surface area contributed by atoms with Crippen LogP contribution in [0.15, 0.2) is 29.2 Å². The number of nitrogens with one attached hydrogen (secondary N) is 2. The van der Waals surface area contributed by atoms with Crippen LogP contribution in [0.4, 0.5) is 5.00 Å². The maximum absolute atomic E-state index is 13.2. The molecule has 1 aliphatic carbocycles. The average molecular weight is 520 g/mol. The van der Waals surface area contributed by atoms with Gasteiger partial charge in [-0.05, 0) is 67.9 Å².